The molecule has 0 radical (unpaired) electrons. The molecular formula is C12H14N2O3. The van der Waals surface area contributed by atoms with Gasteiger partial charge in [-0.05, 0) is 13.8 Å². The summed E-state index contributed by atoms with van der Waals surface area (Å²) >= 11 is 0. The average Bonchev–Trinajstić information content (AvgIpc) is 2.58. The van der Waals surface area contributed by atoms with E-state index < -0.39 is 0 Å². The van der Waals surface area contributed by atoms with Crippen LogP contribution in [0.2, 0.25) is 0 Å². The summed E-state index contributed by atoms with van der Waals surface area (Å²) in [6, 6.07) is 6.66. The van der Waals surface area contributed by atoms with Gasteiger partial charge in [-0.15, -0.1) is 0 Å². The highest BCUT2D eigenvalue weighted by Crippen LogP contribution is 2.23. The lowest BCUT2D eigenvalue weighted by molar-refractivity contribution is -0.385. The van der Waals surface area contributed by atoms with Gasteiger partial charge in [-0.2, -0.15) is 0 Å². The summed E-state index contributed by atoms with van der Waals surface area (Å²) < 4.78 is 5.43. The van der Waals surface area contributed by atoms with E-state index in [2.05, 4.69) is 4.99 Å². The zero-order chi connectivity index (χ0) is 12.5. The molecule has 0 aliphatic carbocycles. The number of aliphatic imine (C=N–C) groups is 1. The highest BCUT2D eigenvalue weighted by Gasteiger charge is 2.27. The number of hydrogen-bond acceptors (Lipinski definition) is 4. The second kappa shape index (κ2) is 4.16. The first-order chi connectivity index (χ1) is 7.98. The van der Waals surface area contributed by atoms with E-state index in [0.29, 0.717) is 24.5 Å². The fourth-order valence-corrected chi connectivity index (χ4v) is 1.75. The van der Waals surface area contributed by atoms with E-state index in [1.165, 1.54) is 6.07 Å². The molecule has 5 nitrogen and oxygen atoms in total. The molecule has 0 N–H and O–H groups in total. The van der Waals surface area contributed by atoms with Crippen LogP contribution in [0.15, 0.2) is 29.3 Å². The molecule has 0 unspecified atom stereocenters. The molecule has 17 heavy (non-hydrogen) atoms. The number of nitro benzene ring substituents is 1. The van der Waals surface area contributed by atoms with Crippen molar-refractivity contribution < 1.29 is 9.66 Å². The lowest BCUT2D eigenvalue weighted by Gasteiger charge is -2.07. The molecule has 1 aromatic carbocycles. The van der Waals surface area contributed by atoms with Gasteiger partial charge in [0.2, 0.25) is 0 Å². The minimum absolute atomic E-state index is 0.114. The number of hydrogen-bond donors (Lipinski definition) is 0. The zero-order valence-corrected chi connectivity index (χ0v) is 9.84. The Morgan fingerprint density at radius 3 is 2.76 bits per heavy atom. The van der Waals surface area contributed by atoms with E-state index in [-0.39, 0.29) is 16.1 Å². The Balaban J connectivity index is 2.23. The molecule has 1 aliphatic heterocycles. The van der Waals surface area contributed by atoms with Crippen LogP contribution in [0.3, 0.4) is 0 Å². The molecule has 5 heteroatoms. The van der Waals surface area contributed by atoms with E-state index in [9.17, 15) is 10.1 Å². The molecule has 1 aliphatic rings. The van der Waals surface area contributed by atoms with Crippen molar-refractivity contribution in [1.82, 2.24) is 0 Å². The Morgan fingerprint density at radius 2 is 2.18 bits per heavy atom. The Labute approximate surface area is 99.3 Å². The molecule has 0 saturated heterocycles. The van der Waals surface area contributed by atoms with Crippen LogP contribution in [-0.2, 0) is 11.2 Å². The van der Waals surface area contributed by atoms with Crippen LogP contribution in [0.25, 0.3) is 0 Å². The third-order valence-electron chi connectivity index (χ3n) is 2.55. The van der Waals surface area contributed by atoms with Crippen molar-refractivity contribution in [1.29, 1.82) is 0 Å². The van der Waals surface area contributed by atoms with Gasteiger partial charge in [0.15, 0.2) is 5.90 Å². The fraction of sp³-hybridized carbons (Fsp3) is 0.417. The van der Waals surface area contributed by atoms with Crippen LogP contribution < -0.4 is 0 Å². The summed E-state index contributed by atoms with van der Waals surface area (Å²) in [5.41, 5.74) is 0.524. The van der Waals surface area contributed by atoms with Gasteiger partial charge in [0, 0.05) is 11.6 Å². The van der Waals surface area contributed by atoms with Crippen molar-refractivity contribution in [3.8, 4) is 0 Å². The molecule has 1 heterocycles. The summed E-state index contributed by atoms with van der Waals surface area (Å²) in [5, 5.41) is 10.8. The number of ether oxygens (including phenoxy) is 1. The molecule has 0 spiro atoms. The van der Waals surface area contributed by atoms with Crippen molar-refractivity contribution in [2.45, 2.75) is 25.8 Å². The van der Waals surface area contributed by atoms with E-state index in [0.717, 1.165) is 0 Å². The highest BCUT2D eigenvalue weighted by molar-refractivity contribution is 5.81. The van der Waals surface area contributed by atoms with Crippen LogP contribution >= 0.6 is 0 Å². The smallest absolute Gasteiger partial charge is 0.273 e. The molecule has 0 fully saturated rings. The van der Waals surface area contributed by atoms with E-state index >= 15 is 0 Å². The Kier molecular flexibility index (Phi) is 2.83. The first kappa shape index (κ1) is 11.6. The summed E-state index contributed by atoms with van der Waals surface area (Å²) in [4.78, 5) is 14.9. The Bertz CT molecular complexity index is 480. The van der Waals surface area contributed by atoms with E-state index in [4.69, 9.17) is 4.74 Å². The summed E-state index contributed by atoms with van der Waals surface area (Å²) in [6.45, 7) is 4.47. The average molecular weight is 234 g/mol. The van der Waals surface area contributed by atoms with Crippen LogP contribution in [0.1, 0.15) is 19.4 Å². The first-order valence-corrected chi connectivity index (χ1v) is 5.42. The molecule has 1 aromatic rings. The largest absolute Gasteiger partial charge is 0.478 e. The van der Waals surface area contributed by atoms with Gasteiger partial charge in [0.25, 0.3) is 5.69 Å². The summed E-state index contributed by atoms with van der Waals surface area (Å²) in [7, 11) is 0. The third kappa shape index (κ3) is 2.61. The van der Waals surface area contributed by atoms with Crippen LogP contribution in [0.5, 0.6) is 0 Å². The lowest BCUT2D eigenvalue weighted by Crippen LogP contribution is -2.17. The molecule has 0 atom stereocenters. The Hall–Kier alpha value is -1.91. The highest BCUT2D eigenvalue weighted by atomic mass is 16.6. The van der Waals surface area contributed by atoms with E-state index in [1.54, 1.807) is 18.2 Å². The third-order valence-corrected chi connectivity index (χ3v) is 2.55. The quantitative estimate of drug-likeness (QED) is 0.595. The predicted octanol–water partition coefficient (Wildman–Crippen LogP) is 2.34. The monoisotopic (exact) mass is 234 g/mol. The van der Waals surface area contributed by atoms with Gasteiger partial charge < -0.3 is 4.74 Å². The van der Waals surface area contributed by atoms with Crippen LogP contribution in [0.4, 0.5) is 5.69 Å². The number of para-hydroxylation sites is 1. The van der Waals surface area contributed by atoms with E-state index in [1.807, 2.05) is 13.8 Å². The molecule has 0 bridgehead atoms. The molecule has 90 valence electrons. The zero-order valence-electron chi connectivity index (χ0n) is 9.84. The van der Waals surface area contributed by atoms with Crippen molar-refractivity contribution in [3.05, 3.63) is 39.9 Å². The SMILES string of the molecule is CC1(C)COC(Cc2ccccc2[N+](=O)[O-])=N1. The maximum Gasteiger partial charge on any atom is 0.273 e. The van der Waals surface area contributed by atoms with Crippen LogP contribution in [0, 0.1) is 10.1 Å². The van der Waals surface area contributed by atoms with Crippen molar-refractivity contribution in [2.75, 3.05) is 6.61 Å². The number of benzene rings is 1. The summed E-state index contributed by atoms with van der Waals surface area (Å²) in [6.07, 6.45) is 0.376. The second-order valence-corrected chi connectivity index (χ2v) is 4.67. The van der Waals surface area contributed by atoms with Gasteiger partial charge in [0.05, 0.1) is 16.9 Å². The topological polar surface area (TPSA) is 64.7 Å². The lowest BCUT2D eigenvalue weighted by atomic mass is 10.1. The van der Waals surface area contributed by atoms with Gasteiger partial charge in [0.1, 0.15) is 6.61 Å². The molecule has 0 saturated carbocycles. The van der Waals surface area contributed by atoms with Gasteiger partial charge in [-0.1, -0.05) is 18.2 Å². The molecule has 0 aromatic heterocycles. The van der Waals surface area contributed by atoms with Crippen molar-refractivity contribution >= 4 is 11.6 Å². The van der Waals surface area contributed by atoms with Gasteiger partial charge >= 0.3 is 0 Å². The number of nitrogens with zero attached hydrogens (tertiary/aromatic N) is 2. The standard InChI is InChI=1S/C12H14N2O3/c1-12(2)8-17-11(13-12)7-9-5-3-4-6-10(9)14(15)16/h3-6H,7-8H2,1-2H3. The predicted molar refractivity (Wildman–Crippen MR) is 64.3 cm³/mol. The number of nitro groups is 1. The van der Waals surface area contributed by atoms with Crippen molar-refractivity contribution in [3.63, 3.8) is 0 Å². The molecular weight excluding hydrogens is 220 g/mol. The Morgan fingerprint density at radius 1 is 1.47 bits per heavy atom. The van der Waals surface area contributed by atoms with Crippen LogP contribution in [-0.4, -0.2) is 23.0 Å². The van der Waals surface area contributed by atoms with Crippen molar-refractivity contribution in [2.24, 2.45) is 4.99 Å². The normalized spacial score (nSPS) is 17.4. The summed E-state index contributed by atoms with van der Waals surface area (Å²) in [5.74, 6) is 0.573. The maximum absolute atomic E-state index is 10.8. The fourth-order valence-electron chi connectivity index (χ4n) is 1.75. The van der Waals surface area contributed by atoms with Gasteiger partial charge in [-0.3, -0.25) is 10.1 Å². The first-order valence-electron chi connectivity index (χ1n) is 5.42. The van der Waals surface area contributed by atoms with Gasteiger partial charge in [-0.25, -0.2) is 4.99 Å². The second-order valence-electron chi connectivity index (χ2n) is 4.67. The number of rotatable bonds is 3. The maximum atomic E-state index is 10.8. The molecule has 0 amide bonds. The minimum Gasteiger partial charge on any atom is -0.478 e. The minimum atomic E-state index is -0.379. The molecule has 2 rings (SSSR count).